The second-order valence-corrected chi connectivity index (χ2v) is 7.32. The maximum Gasteiger partial charge on any atom is 0.501 e. The molecule has 0 saturated carbocycles. The third-order valence-corrected chi connectivity index (χ3v) is 5.42. The highest BCUT2D eigenvalue weighted by Gasteiger charge is 2.48. The summed E-state index contributed by atoms with van der Waals surface area (Å²) in [7, 11) is -5.61. The molecule has 1 heterocycles. The van der Waals surface area contributed by atoms with Crippen LogP contribution in [0.5, 0.6) is 0 Å². The Morgan fingerprint density at radius 1 is 1.39 bits per heavy atom. The van der Waals surface area contributed by atoms with Crippen molar-refractivity contribution in [3.8, 4) is 0 Å². The molecule has 0 amide bonds. The Hall–Kier alpha value is -1.97. The minimum atomic E-state index is -5.61. The van der Waals surface area contributed by atoms with Gasteiger partial charge in [-0.15, -0.1) is 0 Å². The van der Waals surface area contributed by atoms with Gasteiger partial charge < -0.3 is 15.7 Å². The summed E-state index contributed by atoms with van der Waals surface area (Å²) >= 11 is 0. The van der Waals surface area contributed by atoms with Crippen LogP contribution < -0.4 is 10.6 Å². The smallest absolute Gasteiger partial charge is 0.480 e. The second-order valence-electron chi connectivity index (χ2n) is 5.41. The van der Waals surface area contributed by atoms with Gasteiger partial charge in [0.05, 0.1) is 5.69 Å². The van der Waals surface area contributed by atoms with Crippen molar-refractivity contribution in [3.63, 3.8) is 0 Å². The third kappa shape index (κ3) is 2.94. The van der Waals surface area contributed by atoms with E-state index in [0.717, 1.165) is 12.1 Å². The molecule has 128 valence electrons. The van der Waals surface area contributed by atoms with Crippen LogP contribution in [0.3, 0.4) is 0 Å². The Labute approximate surface area is 130 Å². The number of anilines is 2. The molecule has 10 heteroatoms. The summed E-state index contributed by atoms with van der Waals surface area (Å²) in [5.41, 5.74) is -0.558. The topological polar surface area (TPSA) is 101 Å². The number of sulfone groups is 1. The molecule has 1 aliphatic rings. The first-order valence-corrected chi connectivity index (χ1v) is 8.15. The lowest BCUT2D eigenvalue weighted by atomic mass is 10.0. The third-order valence-electron chi connectivity index (χ3n) is 3.88. The molecule has 1 saturated heterocycles. The number of hydrogen-bond acceptors (Lipinski definition) is 5. The highest BCUT2D eigenvalue weighted by atomic mass is 32.2. The minimum absolute atomic E-state index is 0.0822. The van der Waals surface area contributed by atoms with Gasteiger partial charge in [0.1, 0.15) is 10.9 Å². The fraction of sp³-hybridized carbons (Fsp3) is 0.462. The van der Waals surface area contributed by atoms with E-state index in [0.29, 0.717) is 13.0 Å². The standard InChI is InChI=1S/C13H15F3N2O4S/c1-7-4-5-18(11(7)12(19)20)8-2-3-9(17)10(6-8)23(21,22)13(14,15)16/h2-3,6-7,11H,4-5,17H2,1H3,(H,19,20). The molecule has 3 N–H and O–H groups in total. The van der Waals surface area contributed by atoms with E-state index in [1.807, 2.05) is 0 Å². The second kappa shape index (κ2) is 5.59. The van der Waals surface area contributed by atoms with Gasteiger partial charge in [0.15, 0.2) is 0 Å². The van der Waals surface area contributed by atoms with Gasteiger partial charge in [0.2, 0.25) is 0 Å². The maximum absolute atomic E-state index is 12.7. The number of nitrogen functional groups attached to an aromatic ring is 1. The number of hydrogen-bond donors (Lipinski definition) is 2. The molecule has 2 atom stereocenters. The van der Waals surface area contributed by atoms with Gasteiger partial charge in [0, 0.05) is 12.2 Å². The van der Waals surface area contributed by atoms with Gasteiger partial charge in [-0.05, 0) is 30.5 Å². The molecule has 6 nitrogen and oxygen atoms in total. The molecule has 0 aliphatic carbocycles. The Balaban J connectivity index is 2.52. The summed E-state index contributed by atoms with van der Waals surface area (Å²) in [6.45, 7) is 2.01. The van der Waals surface area contributed by atoms with Crippen LogP contribution in [-0.2, 0) is 14.6 Å². The lowest BCUT2D eigenvalue weighted by molar-refractivity contribution is -0.139. The lowest BCUT2D eigenvalue weighted by Crippen LogP contribution is -2.39. The number of nitrogens with zero attached hydrogens (tertiary/aromatic N) is 1. The molecule has 0 radical (unpaired) electrons. The normalized spacial score (nSPS) is 22.3. The predicted octanol–water partition coefficient (Wildman–Crippen LogP) is 1.86. The Bertz CT molecular complexity index is 733. The van der Waals surface area contributed by atoms with Crippen molar-refractivity contribution in [2.75, 3.05) is 17.2 Å². The van der Waals surface area contributed by atoms with E-state index in [4.69, 9.17) is 5.73 Å². The minimum Gasteiger partial charge on any atom is -0.480 e. The molecule has 1 fully saturated rings. The number of nitrogens with two attached hydrogens (primary N) is 1. The fourth-order valence-electron chi connectivity index (χ4n) is 2.67. The van der Waals surface area contributed by atoms with Crippen LogP contribution in [0.25, 0.3) is 0 Å². The van der Waals surface area contributed by atoms with Crippen molar-refractivity contribution in [2.45, 2.75) is 29.8 Å². The first-order valence-electron chi connectivity index (χ1n) is 6.67. The van der Waals surface area contributed by atoms with Gasteiger partial charge in [-0.3, -0.25) is 0 Å². The Kier molecular flexibility index (Phi) is 4.22. The van der Waals surface area contributed by atoms with Gasteiger partial charge in [-0.25, -0.2) is 13.2 Å². The van der Waals surface area contributed by atoms with Crippen molar-refractivity contribution in [3.05, 3.63) is 18.2 Å². The number of carboxylic acids is 1. The number of benzene rings is 1. The average molecular weight is 352 g/mol. The van der Waals surface area contributed by atoms with Crippen LogP contribution in [0.1, 0.15) is 13.3 Å². The number of halogens is 3. The zero-order valence-corrected chi connectivity index (χ0v) is 12.9. The summed E-state index contributed by atoms with van der Waals surface area (Å²) < 4.78 is 61.3. The molecule has 2 unspecified atom stereocenters. The number of carbonyl (C=O) groups is 1. The van der Waals surface area contributed by atoms with Crippen LogP contribution in [0.2, 0.25) is 0 Å². The summed E-state index contributed by atoms with van der Waals surface area (Å²) in [4.78, 5) is 11.7. The average Bonchev–Trinajstić information content (AvgIpc) is 2.79. The van der Waals surface area contributed by atoms with E-state index in [1.165, 1.54) is 11.0 Å². The zero-order chi connectivity index (χ0) is 17.6. The largest absolute Gasteiger partial charge is 0.501 e. The van der Waals surface area contributed by atoms with E-state index < -0.39 is 37.9 Å². The van der Waals surface area contributed by atoms with Gasteiger partial charge in [-0.1, -0.05) is 6.92 Å². The highest BCUT2D eigenvalue weighted by molar-refractivity contribution is 7.92. The highest BCUT2D eigenvalue weighted by Crippen LogP contribution is 2.37. The van der Waals surface area contributed by atoms with Crippen molar-refractivity contribution >= 4 is 27.2 Å². The van der Waals surface area contributed by atoms with E-state index in [9.17, 15) is 31.5 Å². The van der Waals surface area contributed by atoms with Crippen LogP contribution in [0.15, 0.2) is 23.1 Å². The quantitative estimate of drug-likeness (QED) is 0.806. The SMILES string of the molecule is CC1CCN(c2ccc(N)c(S(=O)(=O)C(F)(F)F)c2)C1C(=O)O. The first kappa shape index (κ1) is 17.4. The summed E-state index contributed by atoms with van der Waals surface area (Å²) in [6.07, 6.45) is 0.530. The van der Waals surface area contributed by atoms with Gasteiger partial charge in [0.25, 0.3) is 9.84 Å². The molecule has 0 spiro atoms. The van der Waals surface area contributed by atoms with Crippen molar-refractivity contribution in [2.24, 2.45) is 5.92 Å². The fourth-order valence-corrected chi connectivity index (χ4v) is 3.58. The van der Waals surface area contributed by atoms with E-state index in [1.54, 1.807) is 6.92 Å². The summed E-state index contributed by atoms with van der Waals surface area (Å²) in [5, 5.41) is 9.26. The molecule has 0 aromatic heterocycles. The summed E-state index contributed by atoms with van der Waals surface area (Å²) in [5.74, 6) is -1.33. The lowest BCUT2D eigenvalue weighted by Gasteiger charge is -2.26. The van der Waals surface area contributed by atoms with Gasteiger partial charge in [-0.2, -0.15) is 13.2 Å². The Morgan fingerprint density at radius 2 is 2.00 bits per heavy atom. The van der Waals surface area contributed by atoms with Crippen LogP contribution in [0, 0.1) is 5.92 Å². The molecule has 2 rings (SSSR count). The number of aliphatic carboxylic acids is 1. The van der Waals surface area contributed by atoms with Crippen LogP contribution in [0.4, 0.5) is 24.5 Å². The van der Waals surface area contributed by atoms with Crippen molar-refractivity contribution in [1.29, 1.82) is 0 Å². The molecule has 1 aromatic rings. The van der Waals surface area contributed by atoms with E-state index >= 15 is 0 Å². The molecule has 0 bridgehead atoms. The molecule has 23 heavy (non-hydrogen) atoms. The molecule has 1 aliphatic heterocycles. The number of alkyl halides is 3. The molecule has 1 aromatic carbocycles. The maximum atomic E-state index is 12.7. The van der Waals surface area contributed by atoms with Crippen LogP contribution in [-0.4, -0.2) is 37.6 Å². The van der Waals surface area contributed by atoms with Crippen LogP contribution >= 0.6 is 0 Å². The van der Waals surface area contributed by atoms with E-state index in [-0.39, 0.29) is 11.6 Å². The van der Waals surface area contributed by atoms with E-state index in [2.05, 4.69) is 0 Å². The number of carboxylic acid groups (broad SMARTS) is 1. The van der Waals surface area contributed by atoms with Crippen molar-refractivity contribution in [1.82, 2.24) is 0 Å². The zero-order valence-electron chi connectivity index (χ0n) is 12.0. The van der Waals surface area contributed by atoms with Crippen molar-refractivity contribution < 1.29 is 31.5 Å². The predicted molar refractivity (Wildman–Crippen MR) is 76.6 cm³/mol. The molecular formula is C13H15F3N2O4S. The Morgan fingerprint density at radius 3 is 2.52 bits per heavy atom. The monoisotopic (exact) mass is 352 g/mol. The first-order chi connectivity index (χ1) is 10.5. The van der Waals surface area contributed by atoms with Gasteiger partial charge >= 0.3 is 11.5 Å². The number of rotatable bonds is 3. The summed E-state index contributed by atoms with van der Waals surface area (Å²) in [6, 6.07) is 2.21. The molecular weight excluding hydrogens is 337 g/mol.